The lowest BCUT2D eigenvalue weighted by molar-refractivity contribution is 0.457. The van der Waals surface area contributed by atoms with E-state index in [1.165, 1.54) is 11.3 Å². The summed E-state index contributed by atoms with van der Waals surface area (Å²) in [6, 6.07) is 9.84. The van der Waals surface area contributed by atoms with Crippen molar-refractivity contribution in [3.8, 4) is 0 Å². The largest absolute Gasteiger partial charge is 0.380 e. The van der Waals surface area contributed by atoms with Gasteiger partial charge in [-0.25, -0.2) is 0 Å². The average Bonchev–Trinajstić information content (AvgIpc) is 2.66. The number of rotatable bonds is 3. The van der Waals surface area contributed by atoms with E-state index in [4.69, 9.17) is 0 Å². The predicted molar refractivity (Wildman–Crippen MR) is 76.9 cm³/mol. The summed E-state index contributed by atoms with van der Waals surface area (Å²) >= 11 is 0. The molecule has 98 valence electrons. The third-order valence-corrected chi connectivity index (χ3v) is 5.43. The summed E-state index contributed by atoms with van der Waals surface area (Å²) in [4.78, 5) is 0. The monoisotopic (exact) mass is 244 g/mol. The SMILES string of the molecule is CC1(C)C(NCC2Cc3ccccc3N2)C1(C)C. The summed E-state index contributed by atoms with van der Waals surface area (Å²) in [5, 5.41) is 7.36. The van der Waals surface area contributed by atoms with Crippen molar-refractivity contribution in [2.75, 3.05) is 11.9 Å². The van der Waals surface area contributed by atoms with E-state index in [1.54, 1.807) is 0 Å². The van der Waals surface area contributed by atoms with Crippen LogP contribution in [0, 0.1) is 10.8 Å². The van der Waals surface area contributed by atoms with Crippen LogP contribution >= 0.6 is 0 Å². The molecule has 0 amide bonds. The molecule has 1 saturated carbocycles. The van der Waals surface area contributed by atoms with E-state index in [2.05, 4.69) is 62.6 Å². The maximum atomic E-state index is 3.75. The van der Waals surface area contributed by atoms with Crippen LogP contribution in [0.5, 0.6) is 0 Å². The molecular formula is C16H24N2. The summed E-state index contributed by atoms with van der Waals surface area (Å²) in [6.07, 6.45) is 1.15. The van der Waals surface area contributed by atoms with E-state index in [9.17, 15) is 0 Å². The highest BCUT2D eigenvalue weighted by Crippen LogP contribution is 2.62. The molecule has 3 rings (SSSR count). The van der Waals surface area contributed by atoms with Crippen molar-refractivity contribution in [2.45, 2.75) is 46.2 Å². The van der Waals surface area contributed by atoms with Gasteiger partial charge >= 0.3 is 0 Å². The molecule has 2 nitrogen and oxygen atoms in total. The van der Waals surface area contributed by atoms with Crippen LogP contribution in [0.4, 0.5) is 5.69 Å². The van der Waals surface area contributed by atoms with Crippen LogP contribution in [-0.2, 0) is 6.42 Å². The summed E-state index contributed by atoms with van der Waals surface area (Å²) < 4.78 is 0. The molecule has 0 bridgehead atoms. The Kier molecular flexibility index (Phi) is 2.50. The Morgan fingerprint density at radius 1 is 1.17 bits per heavy atom. The van der Waals surface area contributed by atoms with Gasteiger partial charge in [0.2, 0.25) is 0 Å². The van der Waals surface area contributed by atoms with E-state index < -0.39 is 0 Å². The first kappa shape index (κ1) is 12.0. The van der Waals surface area contributed by atoms with E-state index in [0.29, 0.717) is 22.9 Å². The first-order valence-corrected chi connectivity index (χ1v) is 7.01. The zero-order chi connectivity index (χ0) is 13.0. The molecule has 2 N–H and O–H groups in total. The van der Waals surface area contributed by atoms with Gasteiger partial charge < -0.3 is 10.6 Å². The predicted octanol–water partition coefficient (Wildman–Crippen LogP) is 3.05. The molecule has 1 heterocycles. The van der Waals surface area contributed by atoms with Crippen LogP contribution in [0.3, 0.4) is 0 Å². The summed E-state index contributed by atoms with van der Waals surface area (Å²) in [5.41, 5.74) is 3.63. The summed E-state index contributed by atoms with van der Waals surface area (Å²) in [7, 11) is 0. The number of hydrogen-bond donors (Lipinski definition) is 2. The standard InChI is InChI=1S/C16H24N2/c1-15(2)14(16(15,3)4)17-10-12-9-11-7-5-6-8-13(11)18-12/h5-8,12,14,17-18H,9-10H2,1-4H3. The van der Waals surface area contributed by atoms with Crippen molar-refractivity contribution in [2.24, 2.45) is 10.8 Å². The van der Waals surface area contributed by atoms with Crippen LogP contribution in [0.1, 0.15) is 33.3 Å². The average molecular weight is 244 g/mol. The summed E-state index contributed by atoms with van der Waals surface area (Å²) in [5.74, 6) is 0. The first-order chi connectivity index (χ1) is 8.43. The highest BCUT2D eigenvalue weighted by molar-refractivity contribution is 5.56. The van der Waals surface area contributed by atoms with E-state index >= 15 is 0 Å². The highest BCUT2D eigenvalue weighted by atomic mass is 15.1. The second-order valence-corrected chi connectivity index (χ2v) is 6.99. The van der Waals surface area contributed by atoms with E-state index in [-0.39, 0.29) is 0 Å². The van der Waals surface area contributed by atoms with Crippen LogP contribution in [0.2, 0.25) is 0 Å². The second-order valence-electron chi connectivity index (χ2n) is 6.99. The van der Waals surface area contributed by atoms with Crippen molar-refractivity contribution in [1.82, 2.24) is 5.32 Å². The summed E-state index contributed by atoms with van der Waals surface area (Å²) in [6.45, 7) is 10.5. The quantitative estimate of drug-likeness (QED) is 0.854. The van der Waals surface area contributed by atoms with Crippen LogP contribution < -0.4 is 10.6 Å². The number of anilines is 1. The van der Waals surface area contributed by atoms with Crippen LogP contribution in [0.15, 0.2) is 24.3 Å². The van der Waals surface area contributed by atoms with E-state index in [0.717, 1.165) is 13.0 Å². The van der Waals surface area contributed by atoms with Gasteiger partial charge in [0.1, 0.15) is 0 Å². The van der Waals surface area contributed by atoms with Gasteiger partial charge in [0.15, 0.2) is 0 Å². The zero-order valence-corrected chi connectivity index (χ0v) is 11.9. The number of nitrogens with one attached hydrogen (secondary N) is 2. The molecule has 1 aromatic carbocycles. The molecule has 1 aromatic rings. The molecule has 18 heavy (non-hydrogen) atoms. The molecule has 0 spiro atoms. The molecule has 2 aliphatic rings. The molecule has 0 aromatic heterocycles. The molecule has 1 fully saturated rings. The van der Waals surface area contributed by atoms with Gasteiger partial charge in [0.25, 0.3) is 0 Å². The lowest BCUT2D eigenvalue weighted by atomic mass is 10.0. The van der Waals surface area contributed by atoms with Gasteiger partial charge in [-0.2, -0.15) is 0 Å². The van der Waals surface area contributed by atoms with Gasteiger partial charge in [-0.1, -0.05) is 45.9 Å². The Morgan fingerprint density at radius 2 is 1.83 bits per heavy atom. The van der Waals surface area contributed by atoms with Gasteiger partial charge in [-0.15, -0.1) is 0 Å². The molecular weight excluding hydrogens is 220 g/mol. The Bertz CT molecular complexity index is 423. The Hall–Kier alpha value is -1.02. The number of fused-ring (bicyclic) bond motifs is 1. The molecule has 0 radical (unpaired) electrons. The lowest BCUT2D eigenvalue weighted by Crippen LogP contribution is -2.34. The minimum absolute atomic E-state index is 0.429. The van der Waals surface area contributed by atoms with Crippen molar-refractivity contribution in [1.29, 1.82) is 0 Å². The number of para-hydroxylation sites is 1. The minimum Gasteiger partial charge on any atom is -0.380 e. The maximum absolute atomic E-state index is 3.75. The van der Waals surface area contributed by atoms with Gasteiger partial charge in [0, 0.05) is 24.3 Å². The third-order valence-electron chi connectivity index (χ3n) is 5.43. The van der Waals surface area contributed by atoms with Crippen molar-refractivity contribution < 1.29 is 0 Å². The van der Waals surface area contributed by atoms with Gasteiger partial charge in [-0.05, 0) is 28.9 Å². The van der Waals surface area contributed by atoms with Crippen molar-refractivity contribution in [3.63, 3.8) is 0 Å². The molecule has 1 aliphatic heterocycles. The van der Waals surface area contributed by atoms with Crippen LogP contribution in [-0.4, -0.2) is 18.6 Å². The molecule has 1 atom stereocenters. The Balaban J connectivity index is 1.56. The minimum atomic E-state index is 0.429. The van der Waals surface area contributed by atoms with Crippen molar-refractivity contribution >= 4 is 5.69 Å². The molecule has 1 unspecified atom stereocenters. The van der Waals surface area contributed by atoms with Gasteiger partial charge in [0.05, 0.1) is 0 Å². The maximum Gasteiger partial charge on any atom is 0.0427 e. The fourth-order valence-electron chi connectivity index (χ4n) is 3.47. The third kappa shape index (κ3) is 1.66. The Morgan fingerprint density at radius 3 is 2.44 bits per heavy atom. The normalized spacial score (nSPS) is 27.7. The molecule has 2 heteroatoms. The first-order valence-electron chi connectivity index (χ1n) is 7.01. The molecule has 0 saturated heterocycles. The second kappa shape index (κ2) is 3.74. The Labute approximate surface area is 110 Å². The highest BCUT2D eigenvalue weighted by Gasteiger charge is 2.64. The number of benzene rings is 1. The van der Waals surface area contributed by atoms with Crippen molar-refractivity contribution in [3.05, 3.63) is 29.8 Å². The lowest BCUT2D eigenvalue weighted by Gasteiger charge is -2.13. The smallest absolute Gasteiger partial charge is 0.0427 e. The van der Waals surface area contributed by atoms with E-state index in [1.807, 2.05) is 0 Å². The molecule has 1 aliphatic carbocycles. The fraction of sp³-hybridized carbons (Fsp3) is 0.625. The van der Waals surface area contributed by atoms with Crippen LogP contribution in [0.25, 0.3) is 0 Å². The van der Waals surface area contributed by atoms with Gasteiger partial charge in [-0.3, -0.25) is 0 Å². The zero-order valence-electron chi connectivity index (χ0n) is 11.9. The topological polar surface area (TPSA) is 24.1 Å². The fourth-order valence-corrected chi connectivity index (χ4v) is 3.47. The number of hydrogen-bond acceptors (Lipinski definition) is 2.